The molecular weight excluding hydrogens is 352 g/mol. The van der Waals surface area contributed by atoms with Crippen LogP contribution in [0.5, 0.6) is 0 Å². The summed E-state index contributed by atoms with van der Waals surface area (Å²) in [6.45, 7) is 1.46. The summed E-state index contributed by atoms with van der Waals surface area (Å²) >= 11 is 0. The van der Waals surface area contributed by atoms with Gasteiger partial charge in [0.25, 0.3) is 5.56 Å². The zero-order chi connectivity index (χ0) is 19.6. The summed E-state index contributed by atoms with van der Waals surface area (Å²) < 4.78 is 5.40. The predicted octanol–water partition coefficient (Wildman–Crippen LogP) is -0.432. The van der Waals surface area contributed by atoms with Crippen molar-refractivity contribution in [2.24, 2.45) is 5.41 Å². The Labute approximate surface area is 157 Å². The lowest BCUT2D eigenvalue weighted by Crippen LogP contribution is -2.55. The van der Waals surface area contributed by atoms with Crippen LogP contribution < -0.4 is 21.5 Å². The van der Waals surface area contributed by atoms with Gasteiger partial charge in [-0.1, -0.05) is 0 Å². The van der Waals surface area contributed by atoms with E-state index in [1.807, 2.05) is 23.9 Å². The number of nitrogens with zero attached hydrogens (tertiary/aromatic N) is 3. The molecule has 0 spiro atoms. The van der Waals surface area contributed by atoms with Crippen LogP contribution in [0.25, 0.3) is 0 Å². The van der Waals surface area contributed by atoms with E-state index in [0.29, 0.717) is 37.4 Å². The second kappa shape index (κ2) is 7.73. The molecule has 0 saturated heterocycles. The number of aliphatic hydroxyl groups is 1. The fraction of sp³-hybridized carbons (Fsp3) is 0.706. The molecule has 150 valence electrons. The Morgan fingerprint density at radius 1 is 1.48 bits per heavy atom. The third-order valence-electron chi connectivity index (χ3n) is 5.26. The highest BCUT2D eigenvalue weighted by molar-refractivity contribution is 5.71. The predicted molar refractivity (Wildman–Crippen MR) is 102 cm³/mol. The number of esters is 1. The fourth-order valence-electron chi connectivity index (χ4n) is 3.68. The summed E-state index contributed by atoms with van der Waals surface area (Å²) in [5, 5.41) is 12.9. The van der Waals surface area contributed by atoms with Gasteiger partial charge >= 0.3 is 5.97 Å². The van der Waals surface area contributed by atoms with E-state index in [1.165, 1.54) is 0 Å². The summed E-state index contributed by atoms with van der Waals surface area (Å²) in [5.74, 6) is 0.377. The first kappa shape index (κ1) is 19.4. The molecule has 1 fully saturated rings. The van der Waals surface area contributed by atoms with Crippen LogP contribution >= 0.6 is 0 Å². The Bertz CT molecular complexity index is 743. The molecule has 2 aliphatic rings. The van der Waals surface area contributed by atoms with Gasteiger partial charge in [0, 0.05) is 17.9 Å². The fourth-order valence-corrected chi connectivity index (χ4v) is 3.68. The van der Waals surface area contributed by atoms with Crippen LogP contribution in [0.15, 0.2) is 4.79 Å². The largest absolute Gasteiger partial charge is 0.465 e. The van der Waals surface area contributed by atoms with Crippen molar-refractivity contribution in [2.45, 2.75) is 31.7 Å². The number of hydrogen-bond acceptors (Lipinski definition) is 9. The standard InChI is InChI=1S/C17H28N6O4/c1-22(2)5-3-4-12(25)27-9-17(8-24)6-11(7-17)23-10-19-13-14(23)20-16(18)21-15(13)26/h11,19,24H,3-10H2,1-2H3,(H3,18,20,21,26). The van der Waals surface area contributed by atoms with Gasteiger partial charge in [0.05, 0.1) is 19.9 Å². The third kappa shape index (κ3) is 4.16. The van der Waals surface area contributed by atoms with Crippen LogP contribution in [0.1, 0.15) is 25.7 Å². The number of fused-ring (bicyclic) bond motifs is 1. The van der Waals surface area contributed by atoms with Crippen molar-refractivity contribution in [1.29, 1.82) is 0 Å². The average molecular weight is 380 g/mol. The molecule has 10 heteroatoms. The average Bonchev–Trinajstić information content (AvgIpc) is 2.98. The molecule has 0 amide bonds. The van der Waals surface area contributed by atoms with E-state index in [-0.39, 0.29) is 36.7 Å². The lowest BCUT2D eigenvalue weighted by molar-refractivity contribution is -0.152. The molecule has 27 heavy (non-hydrogen) atoms. The van der Waals surface area contributed by atoms with E-state index in [9.17, 15) is 14.7 Å². The molecule has 1 aromatic heterocycles. The smallest absolute Gasteiger partial charge is 0.305 e. The van der Waals surface area contributed by atoms with E-state index >= 15 is 0 Å². The Morgan fingerprint density at radius 3 is 2.89 bits per heavy atom. The molecule has 1 aliphatic carbocycles. The minimum atomic E-state index is -0.433. The van der Waals surface area contributed by atoms with Crippen molar-refractivity contribution >= 4 is 23.4 Å². The summed E-state index contributed by atoms with van der Waals surface area (Å²) in [4.78, 5) is 34.5. The highest BCUT2D eigenvalue weighted by Gasteiger charge is 2.49. The molecule has 2 heterocycles. The maximum absolute atomic E-state index is 11.9. The summed E-state index contributed by atoms with van der Waals surface area (Å²) in [6.07, 6.45) is 2.44. The topological polar surface area (TPSA) is 137 Å². The molecule has 3 rings (SSSR count). The lowest BCUT2D eigenvalue weighted by atomic mass is 9.66. The molecule has 10 nitrogen and oxygen atoms in total. The van der Waals surface area contributed by atoms with Crippen LogP contribution in [-0.2, 0) is 9.53 Å². The van der Waals surface area contributed by atoms with Gasteiger partial charge in [0.1, 0.15) is 5.69 Å². The molecule has 0 radical (unpaired) electrons. The Morgan fingerprint density at radius 2 is 2.22 bits per heavy atom. The molecule has 0 aromatic carbocycles. The lowest BCUT2D eigenvalue weighted by Gasteiger charge is -2.49. The first-order valence-corrected chi connectivity index (χ1v) is 9.15. The molecule has 0 bridgehead atoms. The van der Waals surface area contributed by atoms with Crippen molar-refractivity contribution in [3.05, 3.63) is 10.4 Å². The number of rotatable bonds is 8. The maximum atomic E-state index is 11.9. The van der Waals surface area contributed by atoms with Crippen LogP contribution in [0, 0.1) is 5.41 Å². The van der Waals surface area contributed by atoms with Crippen molar-refractivity contribution in [2.75, 3.05) is 56.5 Å². The molecule has 1 saturated carbocycles. The van der Waals surface area contributed by atoms with Gasteiger partial charge < -0.3 is 30.7 Å². The number of nitrogen functional groups attached to an aromatic ring is 1. The number of aliphatic hydroxyl groups excluding tert-OH is 1. The minimum absolute atomic E-state index is 0.0481. The van der Waals surface area contributed by atoms with Gasteiger partial charge in [-0.3, -0.25) is 14.6 Å². The number of carbonyl (C=O) groups excluding carboxylic acids is 1. The molecule has 0 unspecified atom stereocenters. The van der Waals surface area contributed by atoms with Gasteiger partial charge in [0.15, 0.2) is 5.82 Å². The van der Waals surface area contributed by atoms with Crippen molar-refractivity contribution in [3.8, 4) is 0 Å². The Hall–Kier alpha value is -2.33. The highest BCUT2D eigenvalue weighted by atomic mass is 16.5. The zero-order valence-corrected chi connectivity index (χ0v) is 15.8. The van der Waals surface area contributed by atoms with Gasteiger partial charge in [-0.15, -0.1) is 0 Å². The van der Waals surface area contributed by atoms with Crippen LogP contribution in [0.4, 0.5) is 17.5 Å². The van der Waals surface area contributed by atoms with Crippen molar-refractivity contribution < 1.29 is 14.6 Å². The first-order chi connectivity index (χ1) is 12.8. The van der Waals surface area contributed by atoms with Crippen molar-refractivity contribution in [3.63, 3.8) is 0 Å². The number of aromatic amines is 1. The number of H-pyrrole nitrogens is 1. The summed E-state index contributed by atoms with van der Waals surface area (Å²) in [7, 11) is 3.92. The zero-order valence-electron chi connectivity index (χ0n) is 15.8. The van der Waals surface area contributed by atoms with E-state index in [0.717, 1.165) is 13.0 Å². The Kier molecular flexibility index (Phi) is 5.56. The second-order valence-electron chi connectivity index (χ2n) is 7.74. The first-order valence-electron chi connectivity index (χ1n) is 9.15. The molecule has 5 N–H and O–H groups in total. The maximum Gasteiger partial charge on any atom is 0.305 e. The van der Waals surface area contributed by atoms with E-state index in [4.69, 9.17) is 10.5 Å². The number of carbonyl (C=O) groups is 1. The van der Waals surface area contributed by atoms with E-state index < -0.39 is 5.41 Å². The number of ether oxygens (including phenoxy) is 1. The monoisotopic (exact) mass is 380 g/mol. The van der Waals surface area contributed by atoms with E-state index in [1.54, 1.807) is 0 Å². The number of nitrogens with one attached hydrogen (secondary N) is 2. The second-order valence-corrected chi connectivity index (χ2v) is 7.74. The van der Waals surface area contributed by atoms with Gasteiger partial charge in [-0.05, 0) is 39.9 Å². The molecule has 1 aliphatic heterocycles. The quantitative estimate of drug-likeness (QED) is 0.443. The number of nitrogens with two attached hydrogens (primary N) is 1. The molecular formula is C17H28N6O4. The van der Waals surface area contributed by atoms with Crippen LogP contribution in [-0.4, -0.2) is 72.5 Å². The third-order valence-corrected chi connectivity index (χ3v) is 5.26. The van der Waals surface area contributed by atoms with Gasteiger partial charge in [-0.2, -0.15) is 4.98 Å². The van der Waals surface area contributed by atoms with Crippen molar-refractivity contribution in [1.82, 2.24) is 14.9 Å². The SMILES string of the molecule is CN(C)CCCC(=O)OCC1(CO)CC(N2CNc3c2nc(N)[nH]c3=O)C1. The summed E-state index contributed by atoms with van der Waals surface area (Å²) in [5.41, 5.74) is 5.34. The highest BCUT2D eigenvalue weighted by Crippen LogP contribution is 2.46. The molecule has 0 atom stereocenters. The van der Waals surface area contributed by atoms with Crippen LogP contribution in [0.3, 0.4) is 0 Å². The van der Waals surface area contributed by atoms with Gasteiger partial charge in [-0.25, -0.2) is 0 Å². The van der Waals surface area contributed by atoms with Crippen LogP contribution in [0.2, 0.25) is 0 Å². The number of anilines is 3. The Balaban J connectivity index is 1.53. The number of aromatic nitrogens is 2. The molecule has 1 aromatic rings. The van der Waals surface area contributed by atoms with E-state index in [2.05, 4.69) is 15.3 Å². The minimum Gasteiger partial charge on any atom is -0.465 e. The van der Waals surface area contributed by atoms with Gasteiger partial charge in [0.2, 0.25) is 5.95 Å². The summed E-state index contributed by atoms with van der Waals surface area (Å²) in [6, 6.07) is 0.104. The normalized spacial score (nSPS) is 23.7. The number of hydrogen-bond donors (Lipinski definition) is 4.